The van der Waals surface area contributed by atoms with Gasteiger partial charge in [0.15, 0.2) is 0 Å². The van der Waals surface area contributed by atoms with Crippen molar-refractivity contribution in [2.45, 2.75) is 31.3 Å². The molecule has 0 unspecified atom stereocenters. The Balaban J connectivity index is 1.42. The summed E-state index contributed by atoms with van der Waals surface area (Å²) in [6, 6.07) is 8.88. The van der Waals surface area contributed by atoms with E-state index in [0.717, 1.165) is 38.9 Å². The van der Waals surface area contributed by atoms with Gasteiger partial charge in [-0.1, -0.05) is 0 Å². The second-order valence-electron chi connectivity index (χ2n) is 7.13. The number of anilines is 1. The summed E-state index contributed by atoms with van der Waals surface area (Å²) in [5.41, 5.74) is 0.890. The quantitative estimate of drug-likeness (QED) is 0.874. The molecule has 0 aliphatic carbocycles. The number of nitriles is 1. The summed E-state index contributed by atoms with van der Waals surface area (Å²) < 4.78 is 5.60. The Morgan fingerprint density at radius 1 is 1.35 bits per heavy atom. The number of nitrogens with one attached hydrogen (secondary N) is 1. The smallest absolute Gasteiger partial charge is 0.410 e. The number of likely N-dealkylation sites (N-methyl/N-ethyl adjacent to an activating group) is 1. The van der Waals surface area contributed by atoms with Gasteiger partial charge in [-0.3, -0.25) is 9.69 Å². The van der Waals surface area contributed by atoms with Crippen molar-refractivity contribution in [2.75, 3.05) is 38.5 Å². The number of amides is 2. The van der Waals surface area contributed by atoms with Crippen LogP contribution in [0.1, 0.15) is 31.2 Å². The van der Waals surface area contributed by atoms with E-state index in [1.807, 2.05) is 0 Å². The van der Waals surface area contributed by atoms with E-state index in [1.165, 1.54) is 0 Å². The van der Waals surface area contributed by atoms with Gasteiger partial charge in [0.2, 0.25) is 5.91 Å². The molecule has 2 aliphatic heterocycles. The summed E-state index contributed by atoms with van der Waals surface area (Å²) in [5.74, 6) is -0.0338. The van der Waals surface area contributed by atoms with Crippen molar-refractivity contribution < 1.29 is 14.3 Å². The van der Waals surface area contributed by atoms with Crippen molar-refractivity contribution in [3.63, 3.8) is 0 Å². The van der Waals surface area contributed by atoms with E-state index in [4.69, 9.17) is 10.00 Å². The van der Waals surface area contributed by atoms with Gasteiger partial charge in [0, 0.05) is 25.7 Å². The van der Waals surface area contributed by atoms with Crippen molar-refractivity contribution >= 4 is 17.7 Å². The number of rotatable bonds is 5. The lowest BCUT2D eigenvalue weighted by molar-refractivity contribution is -0.116. The number of ether oxygens (including phenoxy) is 1. The molecule has 2 heterocycles. The molecule has 2 aliphatic rings. The second kappa shape index (κ2) is 7.75. The molecule has 0 saturated carbocycles. The molecule has 26 heavy (non-hydrogen) atoms. The van der Waals surface area contributed by atoms with E-state index in [1.54, 1.807) is 36.2 Å². The highest BCUT2D eigenvalue weighted by molar-refractivity contribution is 5.90. The number of piperidine rings is 1. The van der Waals surface area contributed by atoms with Crippen LogP contribution < -0.4 is 5.32 Å². The number of carbonyl (C=O) groups is 2. The Hall–Kier alpha value is -2.59. The lowest BCUT2D eigenvalue weighted by Crippen LogP contribution is -2.50. The third-order valence-electron chi connectivity index (χ3n) is 4.94. The molecule has 7 heteroatoms. The van der Waals surface area contributed by atoms with Crippen LogP contribution in [0.5, 0.6) is 0 Å². The van der Waals surface area contributed by atoms with E-state index in [0.29, 0.717) is 24.2 Å². The Labute approximate surface area is 153 Å². The van der Waals surface area contributed by atoms with Crippen LogP contribution in [0.4, 0.5) is 10.5 Å². The van der Waals surface area contributed by atoms with Crippen molar-refractivity contribution in [3.8, 4) is 6.07 Å². The van der Waals surface area contributed by atoms with Gasteiger partial charge in [0.05, 0.1) is 18.2 Å². The van der Waals surface area contributed by atoms with Gasteiger partial charge < -0.3 is 15.0 Å². The first-order valence-electron chi connectivity index (χ1n) is 8.96. The van der Waals surface area contributed by atoms with Crippen LogP contribution >= 0.6 is 0 Å². The van der Waals surface area contributed by atoms with Gasteiger partial charge in [-0.25, -0.2) is 4.79 Å². The first-order chi connectivity index (χ1) is 12.5. The minimum absolute atomic E-state index is 0.0338. The molecule has 2 amide bonds. The fraction of sp³-hybridized carbons (Fsp3) is 0.526. The molecule has 1 aromatic rings. The van der Waals surface area contributed by atoms with Crippen LogP contribution in [0.25, 0.3) is 0 Å². The van der Waals surface area contributed by atoms with Gasteiger partial charge in [-0.05, 0) is 56.6 Å². The highest BCUT2D eigenvalue weighted by Crippen LogP contribution is 2.31. The van der Waals surface area contributed by atoms with Crippen molar-refractivity contribution in [3.05, 3.63) is 29.8 Å². The number of carbonyl (C=O) groups excluding carboxylic acids is 2. The van der Waals surface area contributed by atoms with Gasteiger partial charge in [-0.15, -0.1) is 0 Å². The topological polar surface area (TPSA) is 85.7 Å². The lowest BCUT2D eigenvalue weighted by Gasteiger charge is -2.38. The summed E-state index contributed by atoms with van der Waals surface area (Å²) in [6.45, 7) is 3.16. The maximum absolute atomic E-state index is 12.1. The molecule has 138 valence electrons. The van der Waals surface area contributed by atoms with Crippen LogP contribution in [0.3, 0.4) is 0 Å². The summed E-state index contributed by atoms with van der Waals surface area (Å²) in [6.07, 6.45) is 2.84. The Kier molecular flexibility index (Phi) is 5.43. The normalized spacial score (nSPS) is 22.9. The molecule has 2 fully saturated rings. The van der Waals surface area contributed by atoms with Crippen LogP contribution in [-0.2, 0) is 9.53 Å². The van der Waals surface area contributed by atoms with Crippen LogP contribution in [-0.4, -0.2) is 60.6 Å². The van der Waals surface area contributed by atoms with E-state index in [2.05, 4.69) is 16.3 Å². The molecule has 7 nitrogen and oxygen atoms in total. The standard InChI is InChI=1S/C19H24N4O3/c1-22-13-19(26-18(22)25)9-3-11-23(14-19)10-2-4-17(24)21-16-7-5-15(12-20)6-8-16/h5-8H,2-4,9-11,13-14H2,1H3,(H,21,24)/t19-/m1/s1. The number of nitrogens with zero attached hydrogens (tertiary/aromatic N) is 3. The van der Waals surface area contributed by atoms with Crippen molar-refractivity contribution in [1.29, 1.82) is 5.26 Å². The Morgan fingerprint density at radius 3 is 2.77 bits per heavy atom. The third kappa shape index (κ3) is 4.33. The molecule has 1 atom stereocenters. The summed E-state index contributed by atoms with van der Waals surface area (Å²) in [4.78, 5) is 27.7. The van der Waals surface area contributed by atoms with Crippen LogP contribution in [0.15, 0.2) is 24.3 Å². The molecular weight excluding hydrogens is 332 g/mol. The molecule has 1 spiro atoms. The minimum Gasteiger partial charge on any atom is -0.440 e. The summed E-state index contributed by atoms with van der Waals surface area (Å²) in [5, 5.41) is 11.6. The minimum atomic E-state index is -0.380. The summed E-state index contributed by atoms with van der Waals surface area (Å²) in [7, 11) is 1.77. The summed E-state index contributed by atoms with van der Waals surface area (Å²) >= 11 is 0. The Morgan fingerprint density at radius 2 is 2.12 bits per heavy atom. The average Bonchev–Trinajstić information content (AvgIpc) is 2.88. The van der Waals surface area contributed by atoms with Crippen molar-refractivity contribution in [1.82, 2.24) is 9.80 Å². The molecule has 0 aromatic heterocycles. The van der Waals surface area contributed by atoms with Crippen LogP contribution in [0.2, 0.25) is 0 Å². The lowest BCUT2D eigenvalue weighted by atomic mass is 9.92. The first-order valence-corrected chi connectivity index (χ1v) is 8.96. The molecular formula is C19H24N4O3. The molecule has 3 rings (SSSR count). The van der Waals surface area contributed by atoms with Gasteiger partial charge >= 0.3 is 6.09 Å². The van der Waals surface area contributed by atoms with Gasteiger partial charge in [0.1, 0.15) is 5.60 Å². The van der Waals surface area contributed by atoms with E-state index >= 15 is 0 Å². The fourth-order valence-corrected chi connectivity index (χ4v) is 3.70. The third-order valence-corrected chi connectivity index (χ3v) is 4.94. The van der Waals surface area contributed by atoms with Crippen LogP contribution in [0, 0.1) is 11.3 Å². The molecule has 0 bridgehead atoms. The van der Waals surface area contributed by atoms with E-state index in [9.17, 15) is 9.59 Å². The predicted octanol–water partition coefficient (Wildman–Crippen LogP) is 2.19. The molecule has 2 saturated heterocycles. The fourth-order valence-electron chi connectivity index (χ4n) is 3.70. The predicted molar refractivity (Wildman–Crippen MR) is 96.5 cm³/mol. The van der Waals surface area contributed by atoms with E-state index in [-0.39, 0.29) is 17.6 Å². The SMILES string of the molecule is CN1C[C@@]2(CCCN(CCCC(=O)Nc3ccc(C#N)cc3)C2)OC1=O. The van der Waals surface area contributed by atoms with Gasteiger partial charge in [-0.2, -0.15) is 5.26 Å². The zero-order chi connectivity index (χ0) is 18.6. The maximum Gasteiger partial charge on any atom is 0.410 e. The highest BCUT2D eigenvalue weighted by atomic mass is 16.6. The van der Waals surface area contributed by atoms with Crippen molar-refractivity contribution in [2.24, 2.45) is 0 Å². The zero-order valence-corrected chi connectivity index (χ0v) is 15.0. The molecule has 1 aromatic carbocycles. The van der Waals surface area contributed by atoms with Gasteiger partial charge in [0.25, 0.3) is 0 Å². The Bertz CT molecular complexity index is 712. The molecule has 1 N–H and O–H groups in total. The number of likely N-dealkylation sites (tertiary alicyclic amines) is 1. The number of benzene rings is 1. The second-order valence-corrected chi connectivity index (χ2v) is 7.13. The highest BCUT2D eigenvalue weighted by Gasteiger charge is 2.46. The number of hydrogen-bond acceptors (Lipinski definition) is 5. The monoisotopic (exact) mass is 356 g/mol. The van der Waals surface area contributed by atoms with E-state index < -0.39 is 0 Å². The zero-order valence-electron chi connectivity index (χ0n) is 15.0. The first kappa shape index (κ1) is 18.2. The molecule has 0 radical (unpaired) electrons. The maximum atomic E-state index is 12.1. The largest absolute Gasteiger partial charge is 0.440 e. The average molecular weight is 356 g/mol. The number of hydrogen-bond donors (Lipinski definition) is 1.